The Morgan fingerprint density at radius 3 is 2.38 bits per heavy atom. The summed E-state index contributed by atoms with van der Waals surface area (Å²) in [6.45, 7) is 0.700. The zero-order valence-corrected chi connectivity index (χ0v) is 20.2. The van der Waals surface area contributed by atoms with Gasteiger partial charge in [-0.3, -0.25) is 4.79 Å². The van der Waals surface area contributed by atoms with Crippen molar-refractivity contribution in [1.29, 1.82) is 5.26 Å². The van der Waals surface area contributed by atoms with E-state index in [-0.39, 0.29) is 36.7 Å². The lowest BCUT2D eigenvalue weighted by Crippen LogP contribution is -2.49. The third kappa shape index (κ3) is 6.94. The molecule has 175 valence electrons. The van der Waals surface area contributed by atoms with Crippen molar-refractivity contribution in [2.45, 2.75) is 75.1 Å². The lowest BCUT2D eigenvalue weighted by molar-refractivity contribution is -0.120. The minimum Gasteiger partial charge on any atom is -0.354 e. The first-order chi connectivity index (χ1) is 14.4. The molecule has 5 radical (unpaired) electrons. The van der Waals surface area contributed by atoms with Gasteiger partial charge in [0.2, 0.25) is 15.9 Å². The third-order valence-corrected chi connectivity index (χ3v) is 8.43. The summed E-state index contributed by atoms with van der Waals surface area (Å²) in [5.41, 5.74) is 0.317. The lowest BCUT2D eigenvalue weighted by atomic mass is 9.90. The number of halogens is 1. The molecule has 1 unspecified atom stereocenters. The number of benzene rings is 1. The fourth-order valence-corrected chi connectivity index (χ4v) is 6.51. The van der Waals surface area contributed by atoms with E-state index in [4.69, 9.17) is 16.9 Å². The van der Waals surface area contributed by atoms with Gasteiger partial charge in [-0.05, 0) is 43.9 Å². The molecule has 0 aromatic heterocycles. The SMILES string of the molecule is N#Cc1ccc(S(=O)(=O)N2CCCCC2CNC(=O)[C]2CCCCCCC2)c(Cl)c1.[CH2].[CH2]. The largest absolute Gasteiger partial charge is 0.354 e. The molecule has 6 nitrogen and oxygen atoms in total. The zero-order chi connectivity index (χ0) is 21.6. The number of hydrogen-bond donors (Lipinski definition) is 1. The van der Waals surface area contributed by atoms with Crippen molar-refractivity contribution in [3.05, 3.63) is 49.6 Å². The van der Waals surface area contributed by atoms with E-state index >= 15 is 0 Å². The first-order valence-electron chi connectivity index (χ1n) is 10.8. The Kier molecular flexibility index (Phi) is 11.7. The molecule has 32 heavy (non-hydrogen) atoms. The Morgan fingerprint density at radius 1 is 1.09 bits per heavy atom. The van der Waals surface area contributed by atoms with Crippen LogP contribution in [0.5, 0.6) is 0 Å². The normalized spacial score (nSPS) is 20.6. The van der Waals surface area contributed by atoms with Crippen LogP contribution >= 0.6 is 11.6 Å². The van der Waals surface area contributed by atoms with E-state index in [0.717, 1.165) is 57.3 Å². The van der Waals surface area contributed by atoms with Crippen molar-refractivity contribution in [3.8, 4) is 6.07 Å². The van der Waals surface area contributed by atoms with Crippen molar-refractivity contribution < 1.29 is 13.2 Å². The minimum absolute atomic E-state index is 0. The maximum Gasteiger partial charge on any atom is 0.244 e. The van der Waals surface area contributed by atoms with E-state index in [0.29, 0.717) is 25.1 Å². The summed E-state index contributed by atoms with van der Waals surface area (Å²) in [6, 6.07) is 5.90. The predicted octanol–water partition coefficient (Wildman–Crippen LogP) is 4.84. The maximum atomic E-state index is 13.3. The number of hydrogen-bond acceptors (Lipinski definition) is 4. The molecule has 8 heteroatoms. The molecule has 2 fully saturated rings. The minimum atomic E-state index is -3.82. The van der Waals surface area contributed by atoms with E-state index in [1.165, 1.54) is 28.9 Å². The van der Waals surface area contributed by atoms with E-state index in [1.807, 2.05) is 6.07 Å². The summed E-state index contributed by atoms with van der Waals surface area (Å²) < 4.78 is 28.0. The Morgan fingerprint density at radius 2 is 1.75 bits per heavy atom. The molecule has 1 saturated heterocycles. The molecule has 1 aliphatic carbocycles. The number of nitrogens with zero attached hydrogens (tertiary/aromatic N) is 2. The quantitative estimate of drug-likeness (QED) is 0.655. The summed E-state index contributed by atoms with van der Waals surface area (Å²) in [5.74, 6) is 0.909. The summed E-state index contributed by atoms with van der Waals surface area (Å²) >= 11 is 6.19. The molecule has 2 aliphatic rings. The van der Waals surface area contributed by atoms with Crippen LogP contribution in [0.4, 0.5) is 0 Å². The Balaban J connectivity index is 0.00000256. The van der Waals surface area contributed by atoms with Crippen LogP contribution < -0.4 is 5.32 Å². The topological polar surface area (TPSA) is 90.3 Å². The molecule has 1 aliphatic heterocycles. The second kappa shape index (κ2) is 13.2. The highest BCUT2D eigenvalue weighted by Gasteiger charge is 2.35. The van der Waals surface area contributed by atoms with Gasteiger partial charge in [-0.2, -0.15) is 9.57 Å². The number of carbonyl (C=O) groups excluding carboxylic acids is 1. The molecule has 1 N–H and O–H groups in total. The second-order valence-electron chi connectivity index (χ2n) is 8.10. The molecular formula is C24H33ClN3O3S. The van der Waals surface area contributed by atoms with Crippen molar-refractivity contribution >= 4 is 27.5 Å². The molecule has 1 heterocycles. The van der Waals surface area contributed by atoms with E-state index in [1.54, 1.807) is 0 Å². The molecule has 1 atom stereocenters. The van der Waals surface area contributed by atoms with Gasteiger partial charge in [0.05, 0.1) is 22.6 Å². The Hall–Kier alpha value is -1.62. The first kappa shape index (κ1) is 28.4. The number of piperidine rings is 1. The first-order valence-corrected chi connectivity index (χ1v) is 12.6. The summed E-state index contributed by atoms with van der Waals surface area (Å²) in [5, 5.41) is 12.0. The smallest absolute Gasteiger partial charge is 0.244 e. The average Bonchev–Trinajstić information content (AvgIpc) is 2.71. The maximum absolute atomic E-state index is 13.3. The number of amides is 1. The summed E-state index contributed by atoms with van der Waals surface area (Å²) in [4.78, 5) is 12.7. The molecule has 0 spiro atoms. The van der Waals surface area contributed by atoms with Gasteiger partial charge in [-0.15, -0.1) is 0 Å². The highest BCUT2D eigenvalue weighted by Crippen LogP contribution is 2.30. The molecule has 3 rings (SSSR count). The Bertz CT molecular complexity index is 890. The van der Waals surface area contributed by atoms with E-state index in [2.05, 4.69) is 5.32 Å². The summed E-state index contributed by atoms with van der Waals surface area (Å²) in [6.07, 6.45) is 9.71. The fraction of sp³-hybridized carbons (Fsp3) is 0.542. The molecule has 1 saturated carbocycles. The summed E-state index contributed by atoms with van der Waals surface area (Å²) in [7, 11) is -3.82. The van der Waals surface area contributed by atoms with Gasteiger partial charge in [0.25, 0.3) is 0 Å². The van der Waals surface area contributed by atoms with Crippen LogP contribution in [-0.2, 0) is 14.8 Å². The zero-order valence-electron chi connectivity index (χ0n) is 18.6. The molecule has 1 amide bonds. The van der Waals surface area contributed by atoms with Gasteiger partial charge in [0.15, 0.2) is 0 Å². The highest BCUT2D eigenvalue weighted by molar-refractivity contribution is 7.89. The van der Waals surface area contributed by atoms with Gasteiger partial charge in [0.1, 0.15) is 4.90 Å². The monoisotopic (exact) mass is 478 g/mol. The third-order valence-electron chi connectivity index (χ3n) is 6.00. The standard InChI is InChI=1S/C22H29ClN3O3S.2CH2/c23-20-14-17(15-24)11-12-21(20)30(28,29)26-13-7-6-10-19(26)16-25-22(27)18-8-4-2-1-3-5-9-18;;/h11-12,14,19H,1-10,13,16H2,(H,25,27);2*1H2. The number of sulfonamides is 1. The van der Waals surface area contributed by atoms with Crippen molar-refractivity contribution in [2.75, 3.05) is 13.1 Å². The van der Waals surface area contributed by atoms with Gasteiger partial charge in [-0.1, -0.05) is 65.0 Å². The van der Waals surface area contributed by atoms with Gasteiger partial charge in [0, 0.05) is 19.1 Å². The van der Waals surface area contributed by atoms with Gasteiger partial charge in [-0.25, -0.2) is 8.42 Å². The molecule has 0 bridgehead atoms. The van der Waals surface area contributed by atoms with Crippen LogP contribution in [-0.4, -0.2) is 37.8 Å². The van der Waals surface area contributed by atoms with Crippen molar-refractivity contribution in [1.82, 2.24) is 9.62 Å². The number of rotatable bonds is 5. The van der Waals surface area contributed by atoms with Crippen LogP contribution in [0.2, 0.25) is 5.02 Å². The fourth-order valence-electron chi connectivity index (χ4n) is 4.30. The van der Waals surface area contributed by atoms with Gasteiger partial charge < -0.3 is 5.32 Å². The van der Waals surface area contributed by atoms with Crippen molar-refractivity contribution in [2.24, 2.45) is 0 Å². The van der Waals surface area contributed by atoms with Crippen LogP contribution in [0.1, 0.15) is 69.8 Å². The second-order valence-corrected chi connectivity index (χ2v) is 10.4. The van der Waals surface area contributed by atoms with Crippen LogP contribution in [0.15, 0.2) is 23.1 Å². The van der Waals surface area contributed by atoms with Crippen LogP contribution in [0.25, 0.3) is 0 Å². The van der Waals surface area contributed by atoms with E-state index in [9.17, 15) is 13.2 Å². The van der Waals surface area contributed by atoms with E-state index < -0.39 is 10.0 Å². The lowest BCUT2D eigenvalue weighted by Gasteiger charge is -2.35. The number of nitrogens with one attached hydrogen (secondary N) is 1. The van der Waals surface area contributed by atoms with Crippen LogP contribution in [0, 0.1) is 32.1 Å². The molecule has 1 aromatic carbocycles. The van der Waals surface area contributed by atoms with Crippen LogP contribution in [0.3, 0.4) is 0 Å². The van der Waals surface area contributed by atoms with Gasteiger partial charge >= 0.3 is 0 Å². The number of nitriles is 1. The molecular weight excluding hydrogens is 446 g/mol. The van der Waals surface area contributed by atoms with Crippen molar-refractivity contribution in [3.63, 3.8) is 0 Å². The predicted molar refractivity (Wildman–Crippen MR) is 127 cm³/mol. The Labute approximate surface area is 199 Å². The molecule has 1 aromatic rings. The average molecular weight is 479 g/mol. The number of carbonyl (C=O) groups is 1. The highest BCUT2D eigenvalue weighted by atomic mass is 35.5.